The lowest BCUT2D eigenvalue weighted by molar-refractivity contribution is 0.117. The van der Waals surface area contributed by atoms with Gasteiger partial charge in [0.2, 0.25) is 0 Å². The van der Waals surface area contributed by atoms with E-state index < -0.39 is 0 Å². The molecule has 7 nitrogen and oxygen atoms in total. The van der Waals surface area contributed by atoms with Gasteiger partial charge < -0.3 is 19.5 Å². The van der Waals surface area contributed by atoms with E-state index in [2.05, 4.69) is 52.0 Å². The Morgan fingerprint density at radius 3 is 2.87 bits per heavy atom. The molecule has 5 rings (SSSR count). The summed E-state index contributed by atoms with van der Waals surface area (Å²) in [6.45, 7) is 5.55. The van der Waals surface area contributed by atoms with Gasteiger partial charge in [-0.1, -0.05) is 18.2 Å². The zero-order chi connectivity index (χ0) is 21.4. The summed E-state index contributed by atoms with van der Waals surface area (Å²) in [7, 11) is 1.45. The Labute approximate surface area is 184 Å². The molecule has 1 N–H and O–H groups in total. The molecular weight excluding hydrogens is 390 g/mol. The van der Waals surface area contributed by atoms with Gasteiger partial charge in [-0.15, -0.1) is 0 Å². The van der Waals surface area contributed by atoms with Crippen LogP contribution in [0.5, 0.6) is 0 Å². The molecule has 0 radical (unpaired) electrons. The molecule has 3 aliphatic heterocycles. The third-order valence-electron chi connectivity index (χ3n) is 7.34. The maximum atomic E-state index is 11.9. The van der Waals surface area contributed by atoms with E-state index in [1.54, 1.807) is 4.90 Å². The number of hydrogen-bond acceptors (Lipinski definition) is 5. The van der Waals surface area contributed by atoms with Crippen LogP contribution in [0.3, 0.4) is 0 Å². The van der Waals surface area contributed by atoms with Crippen LogP contribution < -0.4 is 5.32 Å². The molecule has 0 saturated carbocycles. The minimum absolute atomic E-state index is 0.256. The minimum atomic E-state index is -0.256. The Balaban J connectivity index is 1.24. The van der Waals surface area contributed by atoms with Gasteiger partial charge in [0, 0.05) is 49.5 Å². The van der Waals surface area contributed by atoms with Gasteiger partial charge in [-0.2, -0.15) is 0 Å². The van der Waals surface area contributed by atoms with E-state index in [9.17, 15) is 4.79 Å². The predicted molar refractivity (Wildman–Crippen MR) is 120 cm³/mol. The van der Waals surface area contributed by atoms with Crippen LogP contribution in [0.2, 0.25) is 0 Å². The lowest BCUT2D eigenvalue weighted by Crippen LogP contribution is -2.37. The average molecular weight is 424 g/mol. The summed E-state index contributed by atoms with van der Waals surface area (Å²) in [6, 6.07) is 12.3. The molecule has 2 aromatic rings. The molecule has 4 heterocycles. The number of rotatable bonds is 6. The number of hydrogen-bond donors (Lipinski definition) is 1. The van der Waals surface area contributed by atoms with Gasteiger partial charge >= 0.3 is 6.09 Å². The number of benzene rings is 1. The van der Waals surface area contributed by atoms with Gasteiger partial charge in [-0.25, -0.2) is 9.78 Å². The summed E-state index contributed by atoms with van der Waals surface area (Å²) in [5.41, 5.74) is 3.59. The van der Waals surface area contributed by atoms with Gasteiger partial charge in [-0.3, -0.25) is 4.90 Å². The predicted octanol–water partition coefficient (Wildman–Crippen LogP) is 3.60. The number of carbonyl (C=O) groups is 1. The molecule has 2 bridgehead atoms. The van der Waals surface area contributed by atoms with Gasteiger partial charge in [-0.05, 0) is 44.7 Å². The number of carbonyl (C=O) groups excluding carboxylic acids is 1. The molecule has 0 spiro atoms. The zero-order valence-corrected chi connectivity index (χ0v) is 18.6. The number of aromatic nitrogens is 2. The van der Waals surface area contributed by atoms with Crippen LogP contribution >= 0.6 is 0 Å². The fraction of sp³-hybridized carbons (Fsp3) is 0.583. The van der Waals surface area contributed by atoms with E-state index in [0.717, 1.165) is 37.4 Å². The van der Waals surface area contributed by atoms with Crippen molar-refractivity contribution in [3.8, 4) is 0 Å². The summed E-state index contributed by atoms with van der Waals surface area (Å²) < 4.78 is 7.43. The van der Waals surface area contributed by atoms with Gasteiger partial charge in [0.1, 0.15) is 5.82 Å². The second kappa shape index (κ2) is 8.54. The highest BCUT2D eigenvalue weighted by atomic mass is 16.5. The van der Waals surface area contributed by atoms with Crippen LogP contribution in [0.25, 0.3) is 0 Å². The molecule has 1 aromatic carbocycles. The van der Waals surface area contributed by atoms with Crippen LogP contribution in [0.1, 0.15) is 48.9 Å². The van der Waals surface area contributed by atoms with Gasteiger partial charge in [0.05, 0.1) is 25.4 Å². The molecule has 2 fully saturated rings. The molecule has 166 valence electrons. The van der Waals surface area contributed by atoms with Gasteiger partial charge in [0.15, 0.2) is 0 Å². The molecule has 0 aliphatic carbocycles. The quantitative estimate of drug-likeness (QED) is 0.720. The fourth-order valence-corrected chi connectivity index (χ4v) is 6.01. The largest absolute Gasteiger partial charge is 0.453 e. The fourth-order valence-electron chi connectivity index (χ4n) is 6.01. The summed E-state index contributed by atoms with van der Waals surface area (Å²) in [5, 5.41) is 3.54. The Kier molecular flexibility index (Phi) is 5.61. The standard InChI is InChI=1S/C24H33N5O2/c1-17-26-20-16-27(24(30)31-2)14-11-21(20)29(17)23-15-19-9-10-22(23)28(19)13-6-12-25-18-7-4-3-5-8-18/h3-5,7-8,19,22-23,25H,6,9-16H2,1-2H3. The van der Waals surface area contributed by atoms with Crippen molar-refractivity contribution in [2.24, 2.45) is 0 Å². The van der Waals surface area contributed by atoms with Crippen LogP contribution in [-0.2, 0) is 17.7 Å². The second-order valence-electron chi connectivity index (χ2n) is 9.05. The van der Waals surface area contributed by atoms with Crippen LogP contribution in [0.4, 0.5) is 10.5 Å². The van der Waals surface area contributed by atoms with Crippen LogP contribution in [-0.4, -0.2) is 64.3 Å². The summed E-state index contributed by atoms with van der Waals surface area (Å²) in [6.07, 6.45) is 5.58. The highest BCUT2D eigenvalue weighted by molar-refractivity contribution is 5.67. The number of fused-ring (bicyclic) bond motifs is 3. The number of imidazole rings is 1. The molecule has 3 atom stereocenters. The van der Waals surface area contributed by atoms with E-state index in [1.165, 1.54) is 37.8 Å². The van der Waals surface area contributed by atoms with Crippen molar-refractivity contribution < 1.29 is 9.53 Å². The first-order chi connectivity index (χ1) is 15.2. The van der Waals surface area contributed by atoms with Crippen molar-refractivity contribution in [3.05, 3.63) is 47.5 Å². The van der Waals surface area contributed by atoms with Crippen molar-refractivity contribution in [2.45, 2.75) is 63.7 Å². The lowest BCUT2D eigenvalue weighted by Gasteiger charge is -2.30. The maximum Gasteiger partial charge on any atom is 0.409 e. The molecule has 3 unspecified atom stereocenters. The van der Waals surface area contributed by atoms with E-state index >= 15 is 0 Å². The number of nitrogens with zero attached hydrogens (tertiary/aromatic N) is 4. The van der Waals surface area contributed by atoms with Crippen molar-refractivity contribution in [3.63, 3.8) is 0 Å². The number of aryl methyl sites for hydroxylation is 1. The highest BCUT2D eigenvalue weighted by Crippen LogP contribution is 2.45. The maximum absolute atomic E-state index is 11.9. The zero-order valence-electron chi connectivity index (χ0n) is 18.6. The third kappa shape index (κ3) is 3.80. The molecule has 31 heavy (non-hydrogen) atoms. The minimum Gasteiger partial charge on any atom is -0.453 e. The normalized spacial score (nSPS) is 25.0. The van der Waals surface area contributed by atoms with Gasteiger partial charge in [0.25, 0.3) is 0 Å². The van der Waals surface area contributed by atoms with E-state index in [1.807, 2.05) is 0 Å². The first-order valence-corrected chi connectivity index (χ1v) is 11.6. The Bertz CT molecular complexity index is 928. The third-order valence-corrected chi connectivity index (χ3v) is 7.34. The van der Waals surface area contributed by atoms with E-state index in [4.69, 9.17) is 9.72 Å². The smallest absolute Gasteiger partial charge is 0.409 e. The molecule has 3 aliphatic rings. The second-order valence-corrected chi connectivity index (χ2v) is 9.05. The number of anilines is 1. The van der Waals surface area contributed by atoms with Crippen molar-refractivity contribution in [1.29, 1.82) is 0 Å². The van der Waals surface area contributed by atoms with Crippen molar-refractivity contribution in [1.82, 2.24) is 19.4 Å². The SMILES string of the molecule is COC(=O)N1CCc2c(nc(C)n2C2CC3CCC2N3CCCNc2ccccc2)C1. The number of methoxy groups -OCH3 is 1. The number of nitrogens with one attached hydrogen (secondary N) is 1. The molecular formula is C24H33N5O2. The first kappa shape index (κ1) is 20.4. The first-order valence-electron chi connectivity index (χ1n) is 11.6. The number of ether oxygens (including phenoxy) is 1. The number of para-hydroxylation sites is 1. The summed E-state index contributed by atoms with van der Waals surface area (Å²) in [5.74, 6) is 1.10. The highest BCUT2D eigenvalue weighted by Gasteiger charge is 2.47. The van der Waals surface area contributed by atoms with Crippen LogP contribution in [0, 0.1) is 6.92 Å². The lowest BCUT2D eigenvalue weighted by atomic mass is 9.94. The molecule has 2 saturated heterocycles. The van der Waals surface area contributed by atoms with E-state index in [-0.39, 0.29) is 6.09 Å². The number of amides is 1. The summed E-state index contributed by atoms with van der Waals surface area (Å²) >= 11 is 0. The van der Waals surface area contributed by atoms with E-state index in [0.29, 0.717) is 31.2 Å². The average Bonchev–Trinajstić information content (AvgIpc) is 3.45. The summed E-state index contributed by atoms with van der Waals surface area (Å²) in [4.78, 5) is 21.3. The molecule has 1 amide bonds. The Morgan fingerprint density at radius 2 is 2.06 bits per heavy atom. The van der Waals surface area contributed by atoms with Crippen molar-refractivity contribution >= 4 is 11.8 Å². The Morgan fingerprint density at radius 1 is 1.23 bits per heavy atom. The molecule has 1 aromatic heterocycles. The topological polar surface area (TPSA) is 62.6 Å². The Hall–Kier alpha value is -2.54. The van der Waals surface area contributed by atoms with Crippen LogP contribution in [0.15, 0.2) is 30.3 Å². The monoisotopic (exact) mass is 423 g/mol. The molecule has 7 heteroatoms. The van der Waals surface area contributed by atoms with Crippen molar-refractivity contribution in [2.75, 3.05) is 32.1 Å².